The van der Waals surface area contributed by atoms with Crippen LogP contribution in [-0.2, 0) is 16.0 Å². The zero-order chi connectivity index (χ0) is 26.9. The minimum Gasteiger partial charge on any atom is -0.503 e. The number of nitrogens with one attached hydrogen (secondary N) is 1. The van der Waals surface area contributed by atoms with Gasteiger partial charge in [-0.1, -0.05) is 0 Å². The van der Waals surface area contributed by atoms with E-state index in [9.17, 15) is 28.3 Å². The minimum absolute atomic E-state index is 0.174. The summed E-state index contributed by atoms with van der Waals surface area (Å²) in [5, 5.41) is 13.2. The largest absolute Gasteiger partial charge is 0.503 e. The first-order valence-corrected chi connectivity index (χ1v) is 12.2. The Morgan fingerprint density at radius 2 is 1.92 bits per heavy atom. The SMILES string of the molecule is Cc1cc(F)c(CNC(=O)c2cn3c(c(O)c2=O)C(=O)N2C[C@@H]3[C@@]3(CC[C@@H]2C)COC(C)(C)O3)c(F)c1. The maximum Gasteiger partial charge on any atom is 0.274 e. The third-order valence-electron chi connectivity index (χ3n) is 7.57. The normalized spacial score (nSPS) is 26.2. The van der Waals surface area contributed by atoms with E-state index in [4.69, 9.17) is 9.47 Å². The number of hydrogen-bond donors (Lipinski definition) is 2. The molecule has 3 aliphatic rings. The summed E-state index contributed by atoms with van der Waals surface area (Å²) in [6.07, 6.45) is 2.38. The van der Waals surface area contributed by atoms with Crippen LogP contribution in [0.5, 0.6) is 5.75 Å². The van der Waals surface area contributed by atoms with Crippen LogP contribution in [0.2, 0.25) is 0 Å². The molecule has 0 aliphatic carbocycles. The number of carbonyl (C=O) groups excluding carboxylic acids is 2. The van der Waals surface area contributed by atoms with E-state index in [1.54, 1.807) is 18.7 Å². The minimum atomic E-state index is -1.05. The summed E-state index contributed by atoms with van der Waals surface area (Å²) in [5.74, 6) is -4.87. The van der Waals surface area contributed by atoms with Gasteiger partial charge < -0.3 is 29.4 Å². The standard InChI is InChI=1S/C26H29F2N3O6/c1-13-7-17(27)15(18(28)8-13)9-29-23(34)16-10-31-19-11-30(24(35)20(31)22(33)21(16)32)14(2)5-6-26(19)12-36-25(3,4)37-26/h7-8,10,14,19,33H,5-6,9,11-12H2,1-4H3,(H,29,34)/t14-,19+,26+/m0/s1. The molecule has 0 saturated carbocycles. The first-order chi connectivity index (χ1) is 17.3. The molecule has 2 aromatic rings. The fourth-order valence-corrected chi connectivity index (χ4v) is 5.60. The molecule has 2 saturated heterocycles. The molecule has 0 unspecified atom stereocenters. The molecular weight excluding hydrogens is 488 g/mol. The average Bonchev–Trinajstić information content (AvgIpc) is 3.07. The highest BCUT2D eigenvalue weighted by atomic mass is 19.1. The number of aromatic hydroxyl groups is 1. The van der Waals surface area contributed by atoms with Crippen molar-refractivity contribution in [2.24, 2.45) is 0 Å². The number of carbonyl (C=O) groups is 2. The van der Waals surface area contributed by atoms with Gasteiger partial charge in [-0.15, -0.1) is 0 Å². The van der Waals surface area contributed by atoms with E-state index in [1.165, 1.54) is 17.7 Å². The lowest BCUT2D eigenvalue weighted by Crippen LogP contribution is -2.53. The van der Waals surface area contributed by atoms with Crippen LogP contribution in [0.25, 0.3) is 0 Å². The van der Waals surface area contributed by atoms with Crippen molar-refractivity contribution in [3.05, 3.63) is 62.6 Å². The summed E-state index contributed by atoms with van der Waals surface area (Å²) < 4.78 is 42.2. The van der Waals surface area contributed by atoms with Crippen molar-refractivity contribution in [1.82, 2.24) is 14.8 Å². The summed E-state index contributed by atoms with van der Waals surface area (Å²) in [6.45, 7) is 6.94. The molecule has 1 aromatic carbocycles. The summed E-state index contributed by atoms with van der Waals surface area (Å²) in [7, 11) is 0. The van der Waals surface area contributed by atoms with E-state index in [-0.39, 0.29) is 30.5 Å². The quantitative estimate of drug-likeness (QED) is 0.648. The number of rotatable bonds is 3. The number of aromatic nitrogens is 1. The number of aryl methyl sites for hydroxylation is 1. The molecule has 9 nitrogen and oxygen atoms in total. The Kier molecular flexibility index (Phi) is 5.91. The lowest BCUT2D eigenvalue weighted by atomic mass is 9.88. The van der Waals surface area contributed by atoms with Crippen LogP contribution in [-0.4, -0.2) is 57.0 Å². The van der Waals surface area contributed by atoms with Gasteiger partial charge in [0, 0.05) is 30.9 Å². The topological polar surface area (TPSA) is 110 Å². The zero-order valence-corrected chi connectivity index (χ0v) is 21.1. The molecule has 198 valence electrons. The Labute approximate surface area is 212 Å². The molecule has 2 fully saturated rings. The Hall–Kier alpha value is -3.31. The highest BCUT2D eigenvalue weighted by Gasteiger charge is 2.56. The van der Waals surface area contributed by atoms with Crippen molar-refractivity contribution in [3.63, 3.8) is 0 Å². The van der Waals surface area contributed by atoms with Gasteiger partial charge in [0.05, 0.1) is 12.6 Å². The maximum atomic E-state index is 14.3. The Morgan fingerprint density at radius 3 is 2.54 bits per heavy atom. The van der Waals surface area contributed by atoms with Crippen molar-refractivity contribution in [1.29, 1.82) is 0 Å². The number of pyridine rings is 1. The molecule has 2 bridgehead atoms. The molecule has 5 rings (SSSR count). The lowest BCUT2D eigenvalue weighted by Gasteiger charge is -2.42. The van der Waals surface area contributed by atoms with Crippen molar-refractivity contribution >= 4 is 11.8 Å². The van der Waals surface area contributed by atoms with Crippen LogP contribution < -0.4 is 10.7 Å². The first kappa shape index (κ1) is 25.3. The number of ether oxygens (including phenoxy) is 2. The predicted octanol–water partition coefficient (Wildman–Crippen LogP) is 2.77. The maximum absolute atomic E-state index is 14.3. The van der Waals surface area contributed by atoms with E-state index >= 15 is 0 Å². The van der Waals surface area contributed by atoms with Crippen LogP contribution in [0.3, 0.4) is 0 Å². The number of halogens is 2. The zero-order valence-electron chi connectivity index (χ0n) is 21.1. The van der Waals surface area contributed by atoms with E-state index in [2.05, 4.69) is 5.32 Å². The van der Waals surface area contributed by atoms with Gasteiger partial charge >= 0.3 is 0 Å². The van der Waals surface area contributed by atoms with Crippen molar-refractivity contribution in [3.8, 4) is 5.75 Å². The summed E-state index contributed by atoms with van der Waals surface area (Å²) in [5.41, 5.74) is -2.58. The van der Waals surface area contributed by atoms with Gasteiger partial charge in [0.15, 0.2) is 17.2 Å². The van der Waals surface area contributed by atoms with Gasteiger partial charge in [0.1, 0.15) is 22.8 Å². The third-order valence-corrected chi connectivity index (χ3v) is 7.57. The van der Waals surface area contributed by atoms with Gasteiger partial charge in [-0.2, -0.15) is 0 Å². The number of amides is 2. The van der Waals surface area contributed by atoms with E-state index < -0.39 is 64.2 Å². The molecule has 2 amide bonds. The summed E-state index contributed by atoms with van der Waals surface area (Å²) in [6, 6.07) is 1.54. The fourth-order valence-electron chi connectivity index (χ4n) is 5.60. The molecule has 1 aromatic heterocycles. The second-order valence-electron chi connectivity index (χ2n) is 10.6. The summed E-state index contributed by atoms with van der Waals surface area (Å²) >= 11 is 0. The smallest absolute Gasteiger partial charge is 0.274 e. The van der Waals surface area contributed by atoms with E-state index in [1.807, 2.05) is 6.92 Å². The second kappa shape index (κ2) is 8.63. The molecule has 0 radical (unpaired) electrons. The molecule has 11 heteroatoms. The molecule has 3 aliphatic heterocycles. The van der Waals surface area contributed by atoms with Crippen molar-refractivity contribution in [2.45, 2.75) is 70.6 Å². The van der Waals surface area contributed by atoms with Gasteiger partial charge in [0.25, 0.3) is 11.8 Å². The molecule has 4 heterocycles. The molecular formula is C26H29F2N3O6. The Balaban J connectivity index is 1.56. The number of hydrogen-bond acceptors (Lipinski definition) is 6. The average molecular weight is 518 g/mol. The second-order valence-corrected chi connectivity index (χ2v) is 10.6. The molecule has 37 heavy (non-hydrogen) atoms. The Morgan fingerprint density at radius 1 is 1.24 bits per heavy atom. The lowest BCUT2D eigenvalue weighted by molar-refractivity contribution is -0.172. The van der Waals surface area contributed by atoms with Gasteiger partial charge in [-0.25, -0.2) is 8.78 Å². The number of fused-ring (bicyclic) bond motifs is 5. The number of benzene rings is 1. The molecule has 3 atom stereocenters. The Bertz CT molecular complexity index is 1350. The highest BCUT2D eigenvalue weighted by Crippen LogP contribution is 2.47. The van der Waals surface area contributed by atoms with Crippen LogP contribution in [0.4, 0.5) is 8.78 Å². The third kappa shape index (κ3) is 4.10. The highest BCUT2D eigenvalue weighted by molar-refractivity contribution is 5.99. The van der Waals surface area contributed by atoms with E-state index in [0.29, 0.717) is 18.4 Å². The van der Waals surface area contributed by atoms with Crippen LogP contribution >= 0.6 is 0 Å². The molecule has 2 N–H and O–H groups in total. The predicted molar refractivity (Wildman–Crippen MR) is 127 cm³/mol. The van der Waals surface area contributed by atoms with Crippen LogP contribution in [0.1, 0.15) is 71.6 Å². The number of nitrogens with zero attached hydrogens (tertiary/aromatic N) is 2. The van der Waals surface area contributed by atoms with Gasteiger partial charge in [0.2, 0.25) is 5.43 Å². The van der Waals surface area contributed by atoms with E-state index in [0.717, 1.165) is 12.1 Å². The monoisotopic (exact) mass is 517 g/mol. The fraction of sp³-hybridized carbons (Fsp3) is 0.500. The van der Waals surface area contributed by atoms with Crippen molar-refractivity contribution in [2.75, 3.05) is 13.2 Å². The van der Waals surface area contributed by atoms with Gasteiger partial charge in [-0.05, 0) is 58.2 Å². The first-order valence-electron chi connectivity index (χ1n) is 12.2. The van der Waals surface area contributed by atoms with Gasteiger partial charge in [-0.3, -0.25) is 14.4 Å². The summed E-state index contributed by atoms with van der Waals surface area (Å²) in [4.78, 5) is 41.0. The van der Waals surface area contributed by atoms with Crippen LogP contribution in [0.15, 0.2) is 23.1 Å². The van der Waals surface area contributed by atoms with Crippen molar-refractivity contribution < 1.29 is 33.0 Å². The van der Waals surface area contributed by atoms with Crippen LogP contribution in [0, 0.1) is 18.6 Å². The molecule has 1 spiro atoms.